The first kappa shape index (κ1) is 14.7. The van der Waals surface area contributed by atoms with Crippen LogP contribution in [0.5, 0.6) is 0 Å². The third kappa shape index (κ3) is 7.54. The maximum atomic E-state index is 11.3. The Bertz CT molecular complexity index is 450. The highest BCUT2D eigenvalue weighted by Gasteiger charge is 1.90. The van der Waals surface area contributed by atoms with Gasteiger partial charge < -0.3 is 10.2 Å². The summed E-state index contributed by atoms with van der Waals surface area (Å²) in [5.74, 6) is -0.196. The molecule has 0 fully saturated rings. The van der Waals surface area contributed by atoms with E-state index in [-0.39, 0.29) is 5.91 Å². The Morgan fingerprint density at radius 3 is 2.89 bits per heavy atom. The quantitative estimate of drug-likeness (QED) is 0.464. The number of carbonyl (C=O) groups excluding carboxylic acids is 1. The Hall–Kier alpha value is -2.36. The highest BCUT2D eigenvalue weighted by molar-refractivity contribution is 5.92. The van der Waals surface area contributed by atoms with Crippen molar-refractivity contribution in [3.63, 3.8) is 0 Å². The molecule has 0 saturated heterocycles. The summed E-state index contributed by atoms with van der Waals surface area (Å²) < 4.78 is 0. The predicted molar refractivity (Wildman–Crippen MR) is 76.7 cm³/mol. The zero-order valence-electron chi connectivity index (χ0n) is 11.0. The number of oxime groups is 1. The summed E-state index contributed by atoms with van der Waals surface area (Å²) in [5, 5.41) is 6.11. The van der Waals surface area contributed by atoms with Crippen LogP contribution in [0.25, 0.3) is 0 Å². The zero-order valence-corrected chi connectivity index (χ0v) is 11.0. The van der Waals surface area contributed by atoms with Crippen LogP contribution in [-0.2, 0) is 16.1 Å². The zero-order chi connectivity index (χ0) is 13.8. The van der Waals surface area contributed by atoms with E-state index < -0.39 is 0 Å². The number of nitrogens with one attached hydrogen (secondary N) is 1. The first-order chi connectivity index (χ1) is 9.33. The molecule has 0 radical (unpaired) electrons. The number of benzene rings is 1. The molecule has 0 aliphatic heterocycles. The van der Waals surface area contributed by atoms with Crippen molar-refractivity contribution in [2.24, 2.45) is 5.16 Å². The molecule has 100 valence electrons. The van der Waals surface area contributed by atoms with E-state index in [9.17, 15) is 4.79 Å². The van der Waals surface area contributed by atoms with Crippen molar-refractivity contribution in [3.05, 3.63) is 60.3 Å². The molecule has 0 bridgehead atoms. The maximum absolute atomic E-state index is 11.3. The van der Waals surface area contributed by atoms with Crippen molar-refractivity contribution in [2.75, 3.05) is 7.11 Å². The molecule has 0 unspecified atom stereocenters. The van der Waals surface area contributed by atoms with Crippen LogP contribution in [0.1, 0.15) is 12.0 Å². The van der Waals surface area contributed by atoms with Crippen molar-refractivity contribution in [3.8, 4) is 0 Å². The average molecular weight is 258 g/mol. The molecule has 19 heavy (non-hydrogen) atoms. The second-order valence-corrected chi connectivity index (χ2v) is 3.73. The molecule has 4 nitrogen and oxygen atoms in total. The number of hydrogen-bond acceptors (Lipinski definition) is 3. The average Bonchev–Trinajstić information content (AvgIpc) is 2.44. The SMILES string of the molecule is CO/N=C/C=C\C(=O)N/C=C\CCc1ccccc1. The van der Waals surface area contributed by atoms with Crippen LogP contribution in [0.2, 0.25) is 0 Å². The number of amides is 1. The van der Waals surface area contributed by atoms with Crippen molar-refractivity contribution in [1.29, 1.82) is 0 Å². The van der Waals surface area contributed by atoms with Gasteiger partial charge in [0.05, 0.1) is 6.21 Å². The minimum Gasteiger partial charge on any atom is -0.399 e. The van der Waals surface area contributed by atoms with E-state index in [1.807, 2.05) is 24.3 Å². The van der Waals surface area contributed by atoms with Crippen molar-refractivity contribution >= 4 is 12.1 Å². The fourth-order valence-electron chi connectivity index (χ4n) is 1.39. The molecule has 0 aromatic heterocycles. The van der Waals surface area contributed by atoms with Crippen molar-refractivity contribution < 1.29 is 9.63 Å². The highest BCUT2D eigenvalue weighted by atomic mass is 16.6. The second kappa shape index (κ2) is 9.65. The van der Waals surface area contributed by atoms with Gasteiger partial charge in [-0.2, -0.15) is 0 Å². The summed E-state index contributed by atoms with van der Waals surface area (Å²) in [6, 6.07) is 10.2. The third-order valence-electron chi connectivity index (χ3n) is 2.29. The van der Waals surface area contributed by atoms with Gasteiger partial charge in [-0.25, -0.2) is 0 Å². The Labute approximate surface area is 113 Å². The first-order valence-electron chi connectivity index (χ1n) is 6.05. The Balaban J connectivity index is 2.18. The van der Waals surface area contributed by atoms with Crippen LogP contribution in [0.4, 0.5) is 0 Å². The van der Waals surface area contributed by atoms with Crippen LogP contribution in [0.15, 0.2) is 59.9 Å². The summed E-state index contributed by atoms with van der Waals surface area (Å²) in [5.41, 5.74) is 1.29. The van der Waals surface area contributed by atoms with Crippen LogP contribution in [-0.4, -0.2) is 19.2 Å². The van der Waals surface area contributed by atoms with Gasteiger partial charge >= 0.3 is 0 Å². The molecule has 0 aliphatic carbocycles. The minimum absolute atomic E-state index is 0.196. The van der Waals surface area contributed by atoms with Gasteiger partial charge in [-0.15, -0.1) is 0 Å². The number of carbonyl (C=O) groups is 1. The van der Waals surface area contributed by atoms with Gasteiger partial charge in [0, 0.05) is 12.3 Å². The molecule has 1 rings (SSSR count). The minimum atomic E-state index is -0.196. The molecule has 1 N–H and O–H groups in total. The summed E-state index contributed by atoms with van der Waals surface area (Å²) in [6.07, 6.45) is 9.73. The molecule has 1 aromatic carbocycles. The number of aryl methyl sites for hydroxylation is 1. The van der Waals surface area contributed by atoms with E-state index in [0.29, 0.717) is 0 Å². The lowest BCUT2D eigenvalue weighted by Crippen LogP contribution is -2.13. The van der Waals surface area contributed by atoms with E-state index >= 15 is 0 Å². The molecule has 0 spiro atoms. The van der Waals surface area contributed by atoms with Crippen LogP contribution < -0.4 is 5.32 Å². The summed E-state index contributed by atoms with van der Waals surface area (Å²) in [6.45, 7) is 0. The first-order valence-corrected chi connectivity index (χ1v) is 6.05. The summed E-state index contributed by atoms with van der Waals surface area (Å²) in [4.78, 5) is 15.7. The molecule has 0 atom stereocenters. The van der Waals surface area contributed by atoms with Crippen LogP contribution in [0.3, 0.4) is 0 Å². The normalized spacial score (nSPS) is 11.4. The topological polar surface area (TPSA) is 50.7 Å². The largest absolute Gasteiger partial charge is 0.399 e. The number of rotatable bonds is 7. The van der Waals surface area contributed by atoms with Crippen molar-refractivity contribution in [2.45, 2.75) is 12.8 Å². The van der Waals surface area contributed by atoms with Gasteiger partial charge in [0.25, 0.3) is 0 Å². The predicted octanol–water partition coefficient (Wildman–Crippen LogP) is 2.44. The second-order valence-electron chi connectivity index (χ2n) is 3.73. The molecular weight excluding hydrogens is 240 g/mol. The molecule has 0 aliphatic rings. The molecule has 1 aromatic rings. The highest BCUT2D eigenvalue weighted by Crippen LogP contribution is 2.02. The van der Waals surface area contributed by atoms with Crippen LogP contribution in [0, 0.1) is 0 Å². The lowest BCUT2D eigenvalue weighted by atomic mass is 10.1. The van der Waals surface area contributed by atoms with E-state index in [1.54, 1.807) is 6.20 Å². The lowest BCUT2D eigenvalue weighted by Gasteiger charge is -1.96. The van der Waals surface area contributed by atoms with Gasteiger partial charge in [-0.1, -0.05) is 41.6 Å². The van der Waals surface area contributed by atoms with Crippen LogP contribution >= 0.6 is 0 Å². The molecule has 0 saturated carbocycles. The Morgan fingerprint density at radius 1 is 1.37 bits per heavy atom. The summed E-state index contributed by atoms with van der Waals surface area (Å²) in [7, 11) is 1.44. The molecule has 4 heteroatoms. The lowest BCUT2D eigenvalue weighted by molar-refractivity contribution is -0.115. The molecule has 0 heterocycles. The Morgan fingerprint density at radius 2 is 2.16 bits per heavy atom. The van der Waals surface area contributed by atoms with E-state index in [1.165, 1.54) is 31.0 Å². The van der Waals surface area contributed by atoms with E-state index in [0.717, 1.165) is 12.8 Å². The fourth-order valence-corrected chi connectivity index (χ4v) is 1.39. The molecule has 1 amide bonds. The van der Waals surface area contributed by atoms with Gasteiger partial charge in [-0.05, 0) is 24.5 Å². The number of hydrogen-bond donors (Lipinski definition) is 1. The van der Waals surface area contributed by atoms with Gasteiger partial charge in [-0.3, -0.25) is 4.79 Å². The Kier molecular flexibility index (Phi) is 7.46. The number of nitrogens with zero attached hydrogens (tertiary/aromatic N) is 1. The van der Waals surface area contributed by atoms with Gasteiger partial charge in [0.2, 0.25) is 5.91 Å². The molecular formula is C15H18N2O2. The maximum Gasteiger partial charge on any atom is 0.247 e. The smallest absolute Gasteiger partial charge is 0.247 e. The van der Waals surface area contributed by atoms with Crippen molar-refractivity contribution in [1.82, 2.24) is 5.32 Å². The van der Waals surface area contributed by atoms with E-state index in [4.69, 9.17) is 0 Å². The fraction of sp³-hybridized carbons (Fsp3) is 0.200. The monoisotopic (exact) mass is 258 g/mol. The van der Waals surface area contributed by atoms with Gasteiger partial charge in [0.1, 0.15) is 7.11 Å². The van der Waals surface area contributed by atoms with Gasteiger partial charge in [0.15, 0.2) is 0 Å². The third-order valence-corrected chi connectivity index (χ3v) is 2.29. The summed E-state index contributed by atoms with van der Waals surface area (Å²) >= 11 is 0. The number of allylic oxidation sites excluding steroid dienone is 2. The van der Waals surface area contributed by atoms with E-state index in [2.05, 4.69) is 27.4 Å². The standard InChI is InChI=1S/C15H18N2O2/c1-19-17-13-7-11-15(18)16-12-6-5-10-14-8-3-2-4-9-14/h2-4,6-9,11-13H,5,10H2,1H3,(H,16,18)/b11-7-,12-6-,17-13+.